The molecule has 1 saturated carbocycles. The van der Waals surface area contributed by atoms with Crippen molar-refractivity contribution in [1.82, 2.24) is 15.5 Å². The minimum atomic E-state index is 0.179. The van der Waals surface area contributed by atoms with E-state index in [-0.39, 0.29) is 11.8 Å². The number of rotatable bonds is 7. The highest BCUT2D eigenvalue weighted by molar-refractivity contribution is 5.81. The van der Waals surface area contributed by atoms with Crippen LogP contribution in [0.25, 0.3) is 0 Å². The number of benzene rings is 1. The first kappa shape index (κ1) is 17.3. The molecule has 2 rings (SSSR count). The lowest BCUT2D eigenvalue weighted by molar-refractivity contribution is -0.122. The van der Waals surface area contributed by atoms with Gasteiger partial charge in [0.15, 0.2) is 5.96 Å². The molecule has 1 aromatic rings. The van der Waals surface area contributed by atoms with E-state index in [2.05, 4.69) is 58.6 Å². The van der Waals surface area contributed by atoms with E-state index in [1.165, 1.54) is 11.1 Å². The first-order valence-corrected chi connectivity index (χ1v) is 8.43. The number of aryl methyl sites for hydroxylation is 1. The number of aliphatic imine (C=N–C) groups is 1. The molecule has 0 radical (unpaired) electrons. The quantitative estimate of drug-likeness (QED) is 0.459. The summed E-state index contributed by atoms with van der Waals surface area (Å²) in [5, 5.41) is 6.26. The molecule has 1 aliphatic carbocycles. The second-order valence-corrected chi connectivity index (χ2v) is 6.08. The maximum atomic E-state index is 11.6. The number of carbonyl (C=O) groups is 1. The van der Waals surface area contributed by atoms with Gasteiger partial charge in [-0.1, -0.05) is 24.3 Å². The number of guanidine groups is 1. The summed E-state index contributed by atoms with van der Waals surface area (Å²) in [6.07, 6.45) is 2.08. The zero-order valence-electron chi connectivity index (χ0n) is 14.4. The maximum absolute atomic E-state index is 11.6. The molecule has 0 heterocycles. The van der Waals surface area contributed by atoms with Crippen molar-refractivity contribution in [2.75, 3.05) is 26.7 Å². The van der Waals surface area contributed by atoms with E-state index in [9.17, 15) is 4.79 Å². The summed E-state index contributed by atoms with van der Waals surface area (Å²) in [4.78, 5) is 18.3. The smallest absolute Gasteiger partial charge is 0.223 e. The first-order valence-electron chi connectivity index (χ1n) is 8.43. The third kappa shape index (κ3) is 5.58. The van der Waals surface area contributed by atoms with Crippen LogP contribution in [-0.2, 0) is 11.3 Å². The van der Waals surface area contributed by atoms with Gasteiger partial charge >= 0.3 is 0 Å². The predicted octanol–water partition coefficient (Wildman–Crippen LogP) is 1.92. The highest BCUT2D eigenvalue weighted by Gasteiger charge is 2.28. The number of carbonyl (C=O) groups excluding carboxylic acids is 1. The predicted molar refractivity (Wildman–Crippen MR) is 94.4 cm³/mol. The standard InChI is InChI=1S/C18H28N4O/c1-4-19-18(21-12-11-20-17(23)15-9-10-15)22(3)13-16-8-6-5-7-14(16)2/h5-8,15H,4,9-13H2,1-3H3,(H,19,21)(H,20,23). The fourth-order valence-electron chi connectivity index (χ4n) is 2.42. The normalized spacial score (nSPS) is 14.5. The number of hydrogen-bond donors (Lipinski definition) is 2. The Morgan fingerprint density at radius 1 is 1.30 bits per heavy atom. The summed E-state index contributed by atoms with van der Waals surface area (Å²) < 4.78 is 0. The van der Waals surface area contributed by atoms with Gasteiger partial charge in [-0.05, 0) is 37.8 Å². The van der Waals surface area contributed by atoms with E-state index in [0.29, 0.717) is 13.1 Å². The molecule has 0 bridgehead atoms. The molecule has 2 N–H and O–H groups in total. The Kier molecular flexibility index (Phi) is 6.44. The molecule has 1 aromatic carbocycles. The van der Waals surface area contributed by atoms with E-state index in [0.717, 1.165) is 31.9 Å². The van der Waals surface area contributed by atoms with Crippen molar-refractivity contribution in [3.8, 4) is 0 Å². The van der Waals surface area contributed by atoms with Gasteiger partial charge in [0, 0.05) is 32.6 Å². The number of nitrogens with zero attached hydrogens (tertiary/aromatic N) is 2. The van der Waals surface area contributed by atoms with Gasteiger partial charge in [0.2, 0.25) is 5.91 Å². The van der Waals surface area contributed by atoms with Crippen molar-refractivity contribution in [2.45, 2.75) is 33.2 Å². The van der Waals surface area contributed by atoms with Gasteiger partial charge in [-0.2, -0.15) is 0 Å². The van der Waals surface area contributed by atoms with E-state index >= 15 is 0 Å². The van der Waals surface area contributed by atoms with Crippen molar-refractivity contribution in [1.29, 1.82) is 0 Å². The van der Waals surface area contributed by atoms with Crippen LogP contribution in [0, 0.1) is 12.8 Å². The summed E-state index contributed by atoms with van der Waals surface area (Å²) in [6.45, 7) is 7.02. The van der Waals surface area contributed by atoms with Crippen LogP contribution in [-0.4, -0.2) is 43.4 Å². The molecule has 5 nitrogen and oxygen atoms in total. The molecule has 23 heavy (non-hydrogen) atoms. The van der Waals surface area contributed by atoms with Crippen molar-refractivity contribution >= 4 is 11.9 Å². The fraction of sp³-hybridized carbons (Fsp3) is 0.556. The number of hydrogen-bond acceptors (Lipinski definition) is 2. The summed E-state index contributed by atoms with van der Waals surface area (Å²) in [7, 11) is 2.04. The first-order chi connectivity index (χ1) is 11.1. The third-order valence-electron chi connectivity index (χ3n) is 3.99. The van der Waals surface area contributed by atoms with Crippen molar-refractivity contribution in [2.24, 2.45) is 10.9 Å². The van der Waals surface area contributed by atoms with E-state index in [1.54, 1.807) is 0 Å². The lowest BCUT2D eigenvalue weighted by atomic mass is 10.1. The minimum Gasteiger partial charge on any atom is -0.357 e. The molecule has 1 amide bonds. The van der Waals surface area contributed by atoms with Crippen LogP contribution in [0.15, 0.2) is 29.3 Å². The SMILES string of the molecule is CCNC(=NCCNC(=O)C1CC1)N(C)Cc1ccccc1C. The maximum Gasteiger partial charge on any atom is 0.223 e. The average molecular weight is 316 g/mol. The number of amides is 1. The lowest BCUT2D eigenvalue weighted by Gasteiger charge is -2.23. The molecule has 0 unspecified atom stereocenters. The van der Waals surface area contributed by atoms with Crippen molar-refractivity contribution < 1.29 is 4.79 Å². The Morgan fingerprint density at radius 3 is 2.70 bits per heavy atom. The zero-order valence-corrected chi connectivity index (χ0v) is 14.4. The topological polar surface area (TPSA) is 56.7 Å². The second-order valence-electron chi connectivity index (χ2n) is 6.08. The summed E-state index contributed by atoms with van der Waals surface area (Å²) in [6, 6.07) is 8.39. The molecule has 0 saturated heterocycles. The molecule has 0 atom stereocenters. The van der Waals surface area contributed by atoms with Gasteiger partial charge in [0.1, 0.15) is 0 Å². The molecule has 0 spiro atoms. The molecule has 0 aromatic heterocycles. The fourth-order valence-corrected chi connectivity index (χ4v) is 2.42. The van der Waals surface area contributed by atoms with Crippen LogP contribution in [0.3, 0.4) is 0 Å². The summed E-state index contributed by atoms with van der Waals surface area (Å²) in [5.41, 5.74) is 2.58. The lowest BCUT2D eigenvalue weighted by Crippen LogP contribution is -2.39. The summed E-state index contributed by atoms with van der Waals surface area (Å²) in [5.74, 6) is 1.31. The van der Waals surface area contributed by atoms with E-state index < -0.39 is 0 Å². The van der Waals surface area contributed by atoms with Crippen LogP contribution >= 0.6 is 0 Å². The number of nitrogens with one attached hydrogen (secondary N) is 2. The largest absolute Gasteiger partial charge is 0.357 e. The Hall–Kier alpha value is -2.04. The average Bonchev–Trinajstić information content (AvgIpc) is 3.37. The molecule has 1 aliphatic rings. The van der Waals surface area contributed by atoms with Crippen molar-refractivity contribution in [3.05, 3.63) is 35.4 Å². The van der Waals surface area contributed by atoms with Gasteiger partial charge in [-0.3, -0.25) is 9.79 Å². The second kappa shape index (κ2) is 8.56. The molecular formula is C18H28N4O. The van der Waals surface area contributed by atoms with Gasteiger partial charge in [0.25, 0.3) is 0 Å². The van der Waals surface area contributed by atoms with Crippen LogP contribution < -0.4 is 10.6 Å². The highest BCUT2D eigenvalue weighted by atomic mass is 16.2. The molecule has 1 fully saturated rings. The zero-order chi connectivity index (χ0) is 16.7. The minimum absolute atomic E-state index is 0.179. The molecule has 0 aliphatic heterocycles. The summed E-state index contributed by atoms with van der Waals surface area (Å²) >= 11 is 0. The van der Waals surface area contributed by atoms with Gasteiger partial charge in [-0.15, -0.1) is 0 Å². The highest BCUT2D eigenvalue weighted by Crippen LogP contribution is 2.28. The molecule has 5 heteroatoms. The van der Waals surface area contributed by atoms with Gasteiger partial charge in [-0.25, -0.2) is 0 Å². The van der Waals surface area contributed by atoms with E-state index in [1.807, 2.05) is 7.05 Å². The van der Waals surface area contributed by atoms with Gasteiger partial charge < -0.3 is 15.5 Å². The third-order valence-corrected chi connectivity index (χ3v) is 3.99. The Balaban J connectivity index is 1.86. The molecular weight excluding hydrogens is 288 g/mol. The van der Waals surface area contributed by atoms with Crippen molar-refractivity contribution in [3.63, 3.8) is 0 Å². The molecule has 126 valence electrons. The van der Waals surface area contributed by atoms with Crippen LogP contribution in [0.5, 0.6) is 0 Å². The van der Waals surface area contributed by atoms with Crippen LogP contribution in [0.4, 0.5) is 0 Å². The van der Waals surface area contributed by atoms with Crippen LogP contribution in [0.2, 0.25) is 0 Å². The Morgan fingerprint density at radius 2 is 2.04 bits per heavy atom. The van der Waals surface area contributed by atoms with Crippen LogP contribution in [0.1, 0.15) is 30.9 Å². The Bertz CT molecular complexity index is 552. The van der Waals surface area contributed by atoms with Gasteiger partial charge in [0.05, 0.1) is 6.54 Å². The van der Waals surface area contributed by atoms with E-state index in [4.69, 9.17) is 0 Å². The monoisotopic (exact) mass is 316 g/mol. The Labute approximate surface area is 139 Å².